The Morgan fingerprint density at radius 3 is 2.44 bits per heavy atom. The van der Waals surface area contributed by atoms with E-state index in [1.807, 2.05) is 74.6 Å². The van der Waals surface area contributed by atoms with Crippen molar-refractivity contribution in [2.45, 2.75) is 45.3 Å². The quantitative estimate of drug-likeness (QED) is 0.368. The van der Waals surface area contributed by atoms with E-state index < -0.39 is 5.60 Å². The van der Waals surface area contributed by atoms with E-state index in [9.17, 15) is 9.18 Å². The minimum absolute atomic E-state index is 0.279. The van der Waals surface area contributed by atoms with Crippen LogP contribution >= 0.6 is 0 Å². The average molecular weight is 367 g/mol. The number of esters is 1. The lowest BCUT2D eigenvalue weighted by atomic mass is 9.98. The van der Waals surface area contributed by atoms with Gasteiger partial charge < -0.3 is 9.30 Å². The van der Waals surface area contributed by atoms with Crippen molar-refractivity contribution < 1.29 is 13.9 Å². The molecule has 2 aromatic carbocycles. The highest BCUT2D eigenvalue weighted by Crippen LogP contribution is 2.29. The topological polar surface area (TPSA) is 31.2 Å². The predicted octanol–water partition coefficient (Wildman–Crippen LogP) is 5.87. The summed E-state index contributed by atoms with van der Waals surface area (Å²) in [6.07, 6.45) is 4.17. The van der Waals surface area contributed by atoms with Crippen molar-refractivity contribution in [1.82, 2.24) is 4.57 Å². The Morgan fingerprint density at radius 2 is 1.70 bits per heavy atom. The number of aromatic nitrogens is 1. The number of hydrogen-bond acceptors (Lipinski definition) is 2. The molecule has 27 heavy (non-hydrogen) atoms. The fourth-order valence-corrected chi connectivity index (χ4v) is 3.33. The summed E-state index contributed by atoms with van der Waals surface area (Å²) in [4.78, 5) is 13.0. The fourth-order valence-electron chi connectivity index (χ4n) is 3.33. The van der Waals surface area contributed by atoms with Crippen LogP contribution in [0.3, 0.4) is 0 Å². The van der Waals surface area contributed by atoms with Gasteiger partial charge in [0.05, 0.1) is 12.2 Å². The molecule has 3 nitrogen and oxygen atoms in total. The minimum Gasteiger partial charge on any atom is -0.451 e. The number of halogens is 1. The van der Waals surface area contributed by atoms with Crippen molar-refractivity contribution >= 4 is 16.9 Å². The van der Waals surface area contributed by atoms with Crippen molar-refractivity contribution in [1.29, 1.82) is 0 Å². The molecule has 0 atom stereocenters. The minimum atomic E-state index is -0.720. The number of hydrogen-bond donors (Lipinski definition) is 0. The second-order valence-electron chi connectivity index (χ2n) is 7.27. The van der Waals surface area contributed by atoms with Crippen molar-refractivity contribution in [3.05, 3.63) is 71.9 Å². The smallest absolute Gasteiger partial charge is 0.341 e. The van der Waals surface area contributed by atoms with E-state index >= 15 is 0 Å². The first-order chi connectivity index (χ1) is 13.0. The number of alkyl halides is 1. The molecule has 0 aliphatic heterocycles. The van der Waals surface area contributed by atoms with Crippen LogP contribution in [0.5, 0.6) is 0 Å². The number of rotatable bonds is 8. The number of ether oxygens (including phenoxy) is 1. The Kier molecular flexibility index (Phi) is 5.94. The molecule has 0 unspecified atom stereocenters. The number of aryl methyl sites for hydroxylation is 1. The van der Waals surface area contributed by atoms with Gasteiger partial charge in [0.25, 0.3) is 0 Å². The molecule has 3 aromatic rings. The van der Waals surface area contributed by atoms with Crippen molar-refractivity contribution in [2.24, 2.45) is 0 Å². The molecule has 0 saturated heterocycles. The third-order valence-electron chi connectivity index (χ3n) is 4.86. The van der Waals surface area contributed by atoms with Crippen molar-refractivity contribution in [3.63, 3.8) is 0 Å². The Morgan fingerprint density at radius 1 is 1.00 bits per heavy atom. The normalized spacial score (nSPS) is 11.7. The number of para-hydroxylation sites is 1. The summed E-state index contributed by atoms with van der Waals surface area (Å²) in [5.41, 5.74) is 1.80. The van der Waals surface area contributed by atoms with E-state index in [0.717, 1.165) is 35.9 Å². The molecule has 0 spiro atoms. The summed E-state index contributed by atoms with van der Waals surface area (Å²) in [7, 11) is 0. The predicted molar refractivity (Wildman–Crippen MR) is 107 cm³/mol. The number of carbonyl (C=O) groups excluding carboxylic acids is 1. The maximum atomic E-state index is 13.0. The molecule has 0 saturated carbocycles. The van der Waals surface area contributed by atoms with Crippen molar-refractivity contribution in [2.75, 3.05) is 6.67 Å². The number of carbonyl (C=O) groups is 1. The summed E-state index contributed by atoms with van der Waals surface area (Å²) in [6, 6.07) is 17.6. The number of benzene rings is 2. The first kappa shape index (κ1) is 19.2. The summed E-state index contributed by atoms with van der Waals surface area (Å²) in [5.74, 6) is -0.331. The van der Waals surface area contributed by atoms with Gasteiger partial charge in [-0.05, 0) is 44.7 Å². The highest BCUT2D eigenvalue weighted by Gasteiger charge is 2.27. The van der Waals surface area contributed by atoms with E-state index in [0.29, 0.717) is 12.0 Å². The summed E-state index contributed by atoms with van der Waals surface area (Å²) < 4.78 is 20.3. The monoisotopic (exact) mass is 367 g/mol. The maximum Gasteiger partial charge on any atom is 0.341 e. The molecule has 0 amide bonds. The van der Waals surface area contributed by atoms with E-state index in [4.69, 9.17) is 4.74 Å². The van der Waals surface area contributed by atoms with E-state index in [1.165, 1.54) is 0 Å². The third kappa shape index (κ3) is 4.38. The molecule has 0 N–H and O–H groups in total. The van der Waals surface area contributed by atoms with E-state index in [2.05, 4.69) is 4.57 Å². The van der Waals surface area contributed by atoms with Gasteiger partial charge in [0.1, 0.15) is 5.60 Å². The third-order valence-corrected chi connectivity index (χ3v) is 4.86. The van der Waals surface area contributed by atoms with Gasteiger partial charge in [-0.25, -0.2) is 4.79 Å². The molecule has 1 heterocycles. The largest absolute Gasteiger partial charge is 0.451 e. The second kappa shape index (κ2) is 8.38. The van der Waals surface area contributed by atoms with Gasteiger partial charge in [0.2, 0.25) is 0 Å². The van der Waals surface area contributed by atoms with Crippen LogP contribution in [-0.2, 0) is 16.9 Å². The molecular weight excluding hydrogens is 341 g/mol. The number of nitrogens with zero attached hydrogens (tertiary/aromatic N) is 1. The van der Waals surface area contributed by atoms with Gasteiger partial charge in [0.15, 0.2) is 0 Å². The lowest BCUT2D eigenvalue weighted by Gasteiger charge is -2.25. The zero-order valence-electron chi connectivity index (χ0n) is 16.0. The molecule has 0 aliphatic rings. The SMILES string of the molecule is CC(C)(OC(=O)c1cn(CCCCCF)c2ccccc12)c1ccccc1. The molecular formula is C23H26FNO2. The summed E-state index contributed by atoms with van der Waals surface area (Å²) >= 11 is 0. The zero-order valence-corrected chi connectivity index (χ0v) is 16.0. The van der Waals surface area contributed by atoms with Crippen LogP contribution in [-0.4, -0.2) is 17.2 Å². The van der Waals surface area contributed by atoms with Gasteiger partial charge in [0, 0.05) is 23.6 Å². The molecule has 0 bridgehead atoms. The van der Waals surface area contributed by atoms with Crippen LogP contribution in [0.4, 0.5) is 4.39 Å². The van der Waals surface area contributed by atoms with Gasteiger partial charge >= 0.3 is 5.97 Å². The molecule has 1 aromatic heterocycles. The van der Waals surface area contributed by atoms with Crippen LogP contribution < -0.4 is 0 Å². The molecule has 0 radical (unpaired) electrons. The molecule has 4 heteroatoms. The maximum absolute atomic E-state index is 13.0. The number of fused-ring (bicyclic) bond motifs is 1. The lowest BCUT2D eigenvalue weighted by molar-refractivity contribution is -0.00292. The average Bonchev–Trinajstić information content (AvgIpc) is 3.05. The van der Waals surface area contributed by atoms with Crippen LogP contribution in [0.1, 0.15) is 49.0 Å². The van der Waals surface area contributed by atoms with Crippen LogP contribution in [0, 0.1) is 0 Å². The van der Waals surface area contributed by atoms with Crippen LogP contribution in [0.2, 0.25) is 0 Å². The zero-order chi connectivity index (χ0) is 19.3. The molecule has 0 fully saturated rings. The van der Waals surface area contributed by atoms with Crippen LogP contribution in [0.25, 0.3) is 10.9 Å². The Labute approximate surface area is 159 Å². The van der Waals surface area contributed by atoms with Gasteiger partial charge in [-0.2, -0.15) is 0 Å². The first-order valence-corrected chi connectivity index (χ1v) is 9.45. The van der Waals surface area contributed by atoms with E-state index in [1.54, 1.807) is 0 Å². The molecule has 142 valence electrons. The highest BCUT2D eigenvalue weighted by atomic mass is 19.1. The standard InChI is InChI=1S/C23H26FNO2/c1-23(2,18-11-5-3-6-12-18)27-22(26)20-17-25(16-10-4-9-15-24)21-14-8-7-13-19(20)21/h3,5-8,11-14,17H,4,9-10,15-16H2,1-2H3. The summed E-state index contributed by atoms with van der Waals surface area (Å²) in [6.45, 7) is 4.28. The van der Waals surface area contributed by atoms with Crippen molar-refractivity contribution in [3.8, 4) is 0 Å². The Bertz CT molecular complexity index is 899. The second-order valence-corrected chi connectivity index (χ2v) is 7.27. The van der Waals surface area contributed by atoms with Gasteiger partial charge in [-0.3, -0.25) is 4.39 Å². The highest BCUT2D eigenvalue weighted by molar-refractivity contribution is 6.04. The Balaban J connectivity index is 1.84. The summed E-state index contributed by atoms with van der Waals surface area (Å²) in [5, 5.41) is 0.886. The van der Waals surface area contributed by atoms with E-state index in [-0.39, 0.29) is 12.6 Å². The van der Waals surface area contributed by atoms with Crippen LogP contribution in [0.15, 0.2) is 60.8 Å². The lowest BCUT2D eigenvalue weighted by Crippen LogP contribution is -2.25. The molecule has 0 aliphatic carbocycles. The Hall–Kier alpha value is -2.62. The van der Waals surface area contributed by atoms with Gasteiger partial charge in [-0.1, -0.05) is 48.5 Å². The number of unbranched alkanes of at least 4 members (excludes halogenated alkanes) is 2. The molecule has 3 rings (SSSR count). The fraction of sp³-hybridized carbons (Fsp3) is 0.348. The van der Waals surface area contributed by atoms with Gasteiger partial charge in [-0.15, -0.1) is 0 Å². The first-order valence-electron chi connectivity index (χ1n) is 9.45.